The van der Waals surface area contributed by atoms with Crippen LogP contribution in [0.2, 0.25) is 0 Å². The molecule has 1 atom stereocenters. The highest BCUT2D eigenvalue weighted by Crippen LogP contribution is 2.40. The van der Waals surface area contributed by atoms with E-state index in [1.165, 1.54) is 0 Å². The molecular weight excluding hydrogens is 280 g/mol. The van der Waals surface area contributed by atoms with Gasteiger partial charge in [0.15, 0.2) is 0 Å². The smallest absolute Gasteiger partial charge is 0.236 e. The van der Waals surface area contributed by atoms with Crippen molar-refractivity contribution >= 4 is 17.7 Å². The van der Waals surface area contributed by atoms with Crippen molar-refractivity contribution in [3.8, 4) is 0 Å². The number of aromatic nitrogens is 4. The first-order valence-electron chi connectivity index (χ1n) is 7.60. The maximum Gasteiger partial charge on any atom is 0.236 e. The number of nitrogen functional groups attached to an aromatic ring is 1. The Morgan fingerprint density at radius 2 is 2.18 bits per heavy atom. The zero-order chi connectivity index (χ0) is 15.3. The zero-order valence-corrected chi connectivity index (χ0v) is 12.4. The van der Waals surface area contributed by atoms with Crippen LogP contribution in [0.4, 0.5) is 11.8 Å². The molecule has 2 aromatic rings. The first-order valence-corrected chi connectivity index (χ1v) is 7.60. The summed E-state index contributed by atoms with van der Waals surface area (Å²) in [6, 6.07) is 0.231. The second-order valence-corrected chi connectivity index (χ2v) is 6.05. The second kappa shape index (κ2) is 4.79. The first kappa shape index (κ1) is 13.2. The van der Waals surface area contributed by atoms with E-state index in [4.69, 9.17) is 5.73 Å². The van der Waals surface area contributed by atoms with Crippen LogP contribution in [0, 0.1) is 6.92 Å². The van der Waals surface area contributed by atoms with Gasteiger partial charge in [-0.15, -0.1) is 0 Å². The number of anilines is 2. The Balaban J connectivity index is 1.84. The molecule has 3 N–H and O–H groups in total. The number of hydrogen-bond donors (Lipinski definition) is 2. The standard InChI is InChI=1S/C15H18N6O/c1-8-11-5-12(9-6-17-18-7-9)14(22)21(10-3-2-4-10)13(11)20-15(16)19-8/h6-7,10,12H,2-5H2,1H3,(H,17,18)(H2,16,19,20). The molecule has 1 aliphatic carbocycles. The quantitative estimate of drug-likeness (QED) is 0.870. The summed E-state index contributed by atoms with van der Waals surface area (Å²) in [4.78, 5) is 23.5. The van der Waals surface area contributed by atoms with E-state index in [9.17, 15) is 4.79 Å². The van der Waals surface area contributed by atoms with Crippen molar-refractivity contribution in [1.29, 1.82) is 0 Å². The van der Waals surface area contributed by atoms with Crippen molar-refractivity contribution in [3.05, 3.63) is 29.2 Å². The zero-order valence-electron chi connectivity index (χ0n) is 12.4. The van der Waals surface area contributed by atoms with E-state index in [1.807, 2.05) is 11.8 Å². The Kier molecular flexibility index (Phi) is 2.88. The predicted molar refractivity (Wildman–Crippen MR) is 81.3 cm³/mol. The summed E-state index contributed by atoms with van der Waals surface area (Å²) in [5.74, 6) is 0.809. The number of aryl methyl sites for hydroxylation is 1. The summed E-state index contributed by atoms with van der Waals surface area (Å²) >= 11 is 0. The average molecular weight is 298 g/mol. The molecule has 7 nitrogen and oxygen atoms in total. The van der Waals surface area contributed by atoms with Gasteiger partial charge in [-0.25, -0.2) is 4.98 Å². The summed E-state index contributed by atoms with van der Waals surface area (Å²) in [5.41, 5.74) is 8.59. The van der Waals surface area contributed by atoms with Gasteiger partial charge in [-0.05, 0) is 32.6 Å². The summed E-state index contributed by atoms with van der Waals surface area (Å²) < 4.78 is 0. The molecule has 0 radical (unpaired) electrons. The molecule has 114 valence electrons. The van der Waals surface area contributed by atoms with Crippen molar-refractivity contribution in [3.63, 3.8) is 0 Å². The molecular formula is C15H18N6O. The van der Waals surface area contributed by atoms with E-state index in [1.54, 1.807) is 12.4 Å². The van der Waals surface area contributed by atoms with Crippen LogP contribution >= 0.6 is 0 Å². The van der Waals surface area contributed by atoms with Gasteiger partial charge in [0.05, 0.1) is 12.1 Å². The number of carbonyl (C=O) groups is 1. The minimum atomic E-state index is -0.224. The van der Waals surface area contributed by atoms with Crippen LogP contribution in [-0.2, 0) is 11.2 Å². The number of fused-ring (bicyclic) bond motifs is 1. The molecule has 2 aliphatic rings. The fraction of sp³-hybridized carbons (Fsp3) is 0.467. The van der Waals surface area contributed by atoms with Gasteiger partial charge in [0.2, 0.25) is 11.9 Å². The topological polar surface area (TPSA) is 101 Å². The molecule has 1 amide bonds. The van der Waals surface area contributed by atoms with Crippen molar-refractivity contribution in [2.75, 3.05) is 10.6 Å². The monoisotopic (exact) mass is 298 g/mol. The minimum Gasteiger partial charge on any atom is -0.368 e. The number of nitrogens with two attached hydrogens (primary N) is 1. The van der Waals surface area contributed by atoms with Gasteiger partial charge in [-0.3, -0.25) is 14.8 Å². The molecule has 22 heavy (non-hydrogen) atoms. The van der Waals surface area contributed by atoms with Crippen molar-refractivity contribution in [2.24, 2.45) is 0 Å². The number of nitrogens with one attached hydrogen (secondary N) is 1. The molecule has 0 spiro atoms. The van der Waals surface area contributed by atoms with Crippen LogP contribution in [0.3, 0.4) is 0 Å². The Labute approximate surface area is 127 Å². The lowest BCUT2D eigenvalue weighted by atomic mass is 9.84. The molecule has 0 aromatic carbocycles. The Morgan fingerprint density at radius 3 is 2.82 bits per heavy atom. The summed E-state index contributed by atoms with van der Waals surface area (Å²) in [6.07, 6.45) is 7.31. The first-order chi connectivity index (χ1) is 10.6. The largest absolute Gasteiger partial charge is 0.368 e. The van der Waals surface area contributed by atoms with Crippen LogP contribution in [-0.4, -0.2) is 32.1 Å². The van der Waals surface area contributed by atoms with Crippen LogP contribution < -0.4 is 10.6 Å². The van der Waals surface area contributed by atoms with E-state index in [0.717, 1.165) is 36.1 Å². The lowest BCUT2D eigenvalue weighted by molar-refractivity contribution is -0.121. The third kappa shape index (κ3) is 1.88. The number of rotatable bonds is 2. The van der Waals surface area contributed by atoms with Gasteiger partial charge in [0, 0.05) is 29.1 Å². The van der Waals surface area contributed by atoms with Crippen LogP contribution in [0.5, 0.6) is 0 Å². The third-order valence-corrected chi connectivity index (χ3v) is 4.74. The molecule has 0 saturated heterocycles. The average Bonchev–Trinajstić information content (AvgIpc) is 2.93. The summed E-state index contributed by atoms with van der Waals surface area (Å²) in [5, 5.41) is 6.78. The number of nitrogens with zero attached hydrogens (tertiary/aromatic N) is 4. The fourth-order valence-electron chi connectivity index (χ4n) is 3.31. The summed E-state index contributed by atoms with van der Waals surface area (Å²) in [7, 11) is 0. The van der Waals surface area contributed by atoms with E-state index >= 15 is 0 Å². The van der Waals surface area contributed by atoms with Gasteiger partial charge < -0.3 is 5.73 Å². The van der Waals surface area contributed by atoms with E-state index in [-0.39, 0.29) is 23.8 Å². The maximum absolute atomic E-state index is 13.0. The van der Waals surface area contributed by atoms with Gasteiger partial charge in [-0.1, -0.05) is 0 Å². The van der Waals surface area contributed by atoms with Crippen molar-refractivity contribution in [1.82, 2.24) is 20.2 Å². The lowest BCUT2D eigenvalue weighted by Gasteiger charge is -2.42. The van der Waals surface area contributed by atoms with E-state index < -0.39 is 0 Å². The second-order valence-electron chi connectivity index (χ2n) is 6.05. The normalized spacial score (nSPS) is 21.6. The summed E-state index contributed by atoms with van der Waals surface area (Å²) in [6.45, 7) is 1.93. The van der Waals surface area contributed by atoms with E-state index in [2.05, 4.69) is 20.2 Å². The van der Waals surface area contributed by atoms with Gasteiger partial charge in [0.25, 0.3) is 0 Å². The van der Waals surface area contributed by atoms with Gasteiger partial charge in [0.1, 0.15) is 5.82 Å². The molecule has 1 fully saturated rings. The number of H-pyrrole nitrogens is 1. The van der Waals surface area contributed by atoms with Crippen LogP contribution in [0.1, 0.15) is 42.0 Å². The molecule has 3 heterocycles. The molecule has 4 rings (SSSR count). The molecule has 0 bridgehead atoms. The van der Waals surface area contributed by atoms with Gasteiger partial charge >= 0.3 is 0 Å². The Morgan fingerprint density at radius 1 is 1.36 bits per heavy atom. The minimum absolute atomic E-state index is 0.0936. The highest BCUT2D eigenvalue weighted by molar-refractivity contribution is 6.01. The number of amides is 1. The van der Waals surface area contributed by atoms with Crippen molar-refractivity contribution < 1.29 is 4.79 Å². The molecule has 1 unspecified atom stereocenters. The highest BCUT2D eigenvalue weighted by Gasteiger charge is 2.41. The van der Waals surface area contributed by atoms with Crippen molar-refractivity contribution in [2.45, 2.75) is 44.6 Å². The number of hydrogen-bond acceptors (Lipinski definition) is 5. The van der Waals surface area contributed by atoms with E-state index in [0.29, 0.717) is 12.2 Å². The predicted octanol–water partition coefficient (Wildman–Crippen LogP) is 1.32. The molecule has 7 heteroatoms. The fourth-order valence-corrected chi connectivity index (χ4v) is 3.31. The third-order valence-electron chi connectivity index (χ3n) is 4.74. The number of aromatic amines is 1. The molecule has 1 saturated carbocycles. The molecule has 2 aromatic heterocycles. The molecule has 1 aliphatic heterocycles. The Hall–Kier alpha value is -2.44. The SMILES string of the molecule is Cc1nc(N)nc2c1CC(c1cn[nH]c1)C(=O)N2C1CCC1. The highest BCUT2D eigenvalue weighted by atomic mass is 16.2. The number of carbonyl (C=O) groups excluding carboxylic acids is 1. The van der Waals surface area contributed by atoms with Crippen LogP contribution in [0.25, 0.3) is 0 Å². The lowest BCUT2D eigenvalue weighted by Crippen LogP contribution is -2.50. The maximum atomic E-state index is 13.0. The van der Waals surface area contributed by atoms with Crippen LogP contribution in [0.15, 0.2) is 12.4 Å². The van der Waals surface area contributed by atoms with Gasteiger partial charge in [-0.2, -0.15) is 10.1 Å². The Bertz CT molecular complexity index is 722.